The Labute approximate surface area is 118 Å². The van der Waals surface area contributed by atoms with Crippen molar-refractivity contribution < 1.29 is 14.7 Å². The van der Waals surface area contributed by atoms with Gasteiger partial charge in [0, 0.05) is 19.1 Å². The van der Waals surface area contributed by atoms with E-state index in [0.29, 0.717) is 6.54 Å². The number of hydrogen-bond acceptors (Lipinski definition) is 4. The van der Waals surface area contributed by atoms with Crippen molar-refractivity contribution >= 4 is 11.9 Å². The second-order valence-electron chi connectivity index (χ2n) is 5.27. The lowest BCUT2D eigenvalue weighted by Gasteiger charge is -2.26. The van der Waals surface area contributed by atoms with Crippen LogP contribution in [-0.4, -0.2) is 65.0 Å². The van der Waals surface area contributed by atoms with Crippen molar-refractivity contribution in [1.82, 2.24) is 14.8 Å². The first kappa shape index (κ1) is 14.5. The number of nitrogens with zero attached hydrogens (tertiary/aromatic N) is 3. The molecule has 1 saturated heterocycles. The molecule has 1 fully saturated rings. The van der Waals surface area contributed by atoms with Gasteiger partial charge >= 0.3 is 5.97 Å². The maximum atomic E-state index is 12.5. The summed E-state index contributed by atoms with van der Waals surface area (Å²) in [5, 5.41) is 8.93. The van der Waals surface area contributed by atoms with Crippen LogP contribution in [0.4, 0.5) is 0 Å². The second kappa shape index (κ2) is 6.00. The number of carboxylic acids is 1. The molecule has 1 aromatic heterocycles. The number of carbonyl (C=O) groups excluding carboxylic acids is 1. The highest BCUT2D eigenvalue weighted by Crippen LogP contribution is 2.20. The van der Waals surface area contributed by atoms with E-state index in [4.69, 9.17) is 5.11 Å². The Morgan fingerprint density at radius 2 is 2.10 bits per heavy atom. The third-order valence-corrected chi connectivity index (χ3v) is 3.40. The largest absolute Gasteiger partial charge is 0.477 e. The summed E-state index contributed by atoms with van der Waals surface area (Å²) in [7, 11) is 3.95. The molecule has 0 radical (unpaired) electrons. The normalized spacial score (nSPS) is 18.6. The van der Waals surface area contributed by atoms with Gasteiger partial charge in [0.15, 0.2) is 0 Å². The minimum Gasteiger partial charge on any atom is -0.477 e. The molecule has 0 bridgehead atoms. The highest BCUT2D eigenvalue weighted by atomic mass is 16.4. The molecule has 2 heterocycles. The maximum Gasteiger partial charge on any atom is 0.354 e. The molecule has 1 atom stereocenters. The van der Waals surface area contributed by atoms with E-state index in [9.17, 15) is 9.59 Å². The molecule has 1 N–H and O–H groups in total. The van der Waals surface area contributed by atoms with E-state index in [1.807, 2.05) is 14.1 Å². The number of pyridine rings is 1. The molecule has 1 amide bonds. The Hall–Kier alpha value is -1.95. The van der Waals surface area contributed by atoms with Gasteiger partial charge in [-0.05, 0) is 39.1 Å². The average molecular weight is 277 g/mol. The number of aromatic carboxylic acids is 1. The lowest BCUT2D eigenvalue weighted by molar-refractivity contribution is 0.0688. The van der Waals surface area contributed by atoms with Crippen LogP contribution in [0.5, 0.6) is 0 Å². The van der Waals surface area contributed by atoms with Crippen LogP contribution in [0.15, 0.2) is 18.2 Å². The van der Waals surface area contributed by atoms with Crippen LogP contribution in [-0.2, 0) is 0 Å². The smallest absolute Gasteiger partial charge is 0.354 e. The lowest BCUT2D eigenvalue weighted by atomic mass is 10.2. The van der Waals surface area contributed by atoms with Crippen molar-refractivity contribution in [3.8, 4) is 0 Å². The van der Waals surface area contributed by atoms with Crippen LogP contribution in [0.2, 0.25) is 0 Å². The summed E-state index contributed by atoms with van der Waals surface area (Å²) in [5.74, 6) is -1.30. The minimum atomic E-state index is -1.12. The molecule has 0 aliphatic carbocycles. The number of carbonyl (C=O) groups is 2. The Morgan fingerprint density at radius 3 is 2.75 bits per heavy atom. The molecule has 108 valence electrons. The Bertz CT molecular complexity index is 516. The predicted octanol–water partition coefficient (Wildman–Crippen LogP) is 0.946. The van der Waals surface area contributed by atoms with Gasteiger partial charge in [-0.2, -0.15) is 0 Å². The number of amides is 1. The SMILES string of the molecule is CN(C)CC1CCCN1C(=O)c1cccc(C(=O)O)n1. The van der Waals surface area contributed by atoms with E-state index < -0.39 is 5.97 Å². The number of likely N-dealkylation sites (N-methyl/N-ethyl adjacent to an activating group) is 1. The summed E-state index contributed by atoms with van der Waals surface area (Å²) in [4.78, 5) is 31.2. The third kappa shape index (κ3) is 3.14. The average Bonchev–Trinajstić information content (AvgIpc) is 2.85. The van der Waals surface area contributed by atoms with E-state index in [1.54, 1.807) is 17.0 Å². The van der Waals surface area contributed by atoms with Crippen LogP contribution < -0.4 is 0 Å². The lowest BCUT2D eigenvalue weighted by Crippen LogP contribution is -2.41. The quantitative estimate of drug-likeness (QED) is 0.887. The van der Waals surface area contributed by atoms with Crippen LogP contribution in [0.1, 0.15) is 33.8 Å². The number of likely N-dealkylation sites (tertiary alicyclic amines) is 1. The second-order valence-corrected chi connectivity index (χ2v) is 5.27. The Morgan fingerprint density at radius 1 is 1.40 bits per heavy atom. The van der Waals surface area contributed by atoms with Gasteiger partial charge in [-0.25, -0.2) is 9.78 Å². The van der Waals surface area contributed by atoms with Crippen LogP contribution in [0.25, 0.3) is 0 Å². The van der Waals surface area contributed by atoms with E-state index >= 15 is 0 Å². The first-order chi connectivity index (χ1) is 9.49. The van der Waals surface area contributed by atoms with Gasteiger partial charge in [-0.1, -0.05) is 6.07 Å². The summed E-state index contributed by atoms with van der Waals surface area (Å²) in [6.45, 7) is 1.51. The standard InChI is InChI=1S/C14H19N3O3/c1-16(2)9-10-5-4-8-17(10)13(18)11-6-3-7-12(15-11)14(19)20/h3,6-7,10H,4-5,8-9H2,1-2H3,(H,19,20). The number of rotatable bonds is 4. The first-order valence-electron chi connectivity index (χ1n) is 6.65. The Kier molecular flexibility index (Phi) is 4.34. The molecule has 20 heavy (non-hydrogen) atoms. The van der Waals surface area contributed by atoms with E-state index in [0.717, 1.165) is 19.4 Å². The van der Waals surface area contributed by atoms with Crippen LogP contribution in [0, 0.1) is 0 Å². The minimum absolute atomic E-state index is 0.0980. The number of carboxylic acid groups (broad SMARTS) is 1. The summed E-state index contributed by atoms with van der Waals surface area (Å²) in [6, 6.07) is 4.69. The molecule has 1 unspecified atom stereocenters. The fraction of sp³-hybridized carbons (Fsp3) is 0.500. The van der Waals surface area contributed by atoms with E-state index in [-0.39, 0.29) is 23.3 Å². The van der Waals surface area contributed by atoms with Crippen molar-refractivity contribution in [3.63, 3.8) is 0 Å². The number of aromatic nitrogens is 1. The van der Waals surface area contributed by atoms with Gasteiger partial charge < -0.3 is 14.9 Å². The molecule has 0 spiro atoms. The molecular weight excluding hydrogens is 258 g/mol. The van der Waals surface area contributed by atoms with Gasteiger partial charge in [-0.3, -0.25) is 4.79 Å². The molecule has 0 saturated carbocycles. The van der Waals surface area contributed by atoms with Gasteiger partial charge in [-0.15, -0.1) is 0 Å². The van der Waals surface area contributed by atoms with Crippen molar-refractivity contribution in [2.24, 2.45) is 0 Å². The maximum absolute atomic E-state index is 12.5. The summed E-state index contributed by atoms with van der Waals surface area (Å²) < 4.78 is 0. The number of hydrogen-bond donors (Lipinski definition) is 1. The monoisotopic (exact) mass is 277 g/mol. The molecule has 1 aliphatic rings. The fourth-order valence-electron chi connectivity index (χ4n) is 2.53. The highest BCUT2D eigenvalue weighted by molar-refractivity contribution is 5.94. The van der Waals surface area contributed by atoms with Gasteiger partial charge in [0.1, 0.15) is 11.4 Å². The van der Waals surface area contributed by atoms with Crippen LogP contribution >= 0.6 is 0 Å². The summed E-state index contributed by atoms with van der Waals surface area (Å²) >= 11 is 0. The van der Waals surface area contributed by atoms with Gasteiger partial charge in [0.05, 0.1) is 0 Å². The molecule has 1 aliphatic heterocycles. The third-order valence-electron chi connectivity index (χ3n) is 3.40. The Balaban J connectivity index is 2.18. The molecule has 6 nitrogen and oxygen atoms in total. The zero-order valence-electron chi connectivity index (χ0n) is 11.7. The molecule has 2 rings (SSSR count). The molecule has 1 aromatic rings. The van der Waals surface area contributed by atoms with Crippen molar-refractivity contribution in [3.05, 3.63) is 29.6 Å². The van der Waals surface area contributed by atoms with Crippen LogP contribution in [0.3, 0.4) is 0 Å². The topological polar surface area (TPSA) is 73.7 Å². The zero-order valence-corrected chi connectivity index (χ0v) is 11.7. The van der Waals surface area contributed by atoms with Crippen molar-refractivity contribution in [2.75, 3.05) is 27.2 Å². The van der Waals surface area contributed by atoms with E-state index in [1.165, 1.54) is 6.07 Å². The molecular formula is C14H19N3O3. The predicted molar refractivity (Wildman–Crippen MR) is 73.8 cm³/mol. The van der Waals surface area contributed by atoms with Gasteiger partial charge in [0.2, 0.25) is 0 Å². The summed E-state index contributed by atoms with van der Waals surface area (Å²) in [5.41, 5.74) is 0.106. The summed E-state index contributed by atoms with van der Waals surface area (Å²) in [6.07, 6.45) is 1.95. The van der Waals surface area contributed by atoms with Crippen molar-refractivity contribution in [2.45, 2.75) is 18.9 Å². The first-order valence-corrected chi connectivity index (χ1v) is 6.65. The fourth-order valence-corrected chi connectivity index (χ4v) is 2.53. The molecule has 6 heteroatoms. The van der Waals surface area contributed by atoms with Gasteiger partial charge in [0.25, 0.3) is 5.91 Å². The van der Waals surface area contributed by atoms with Crippen molar-refractivity contribution in [1.29, 1.82) is 0 Å². The zero-order chi connectivity index (χ0) is 14.7. The van der Waals surface area contributed by atoms with E-state index in [2.05, 4.69) is 9.88 Å². The molecule has 0 aromatic carbocycles. The highest BCUT2D eigenvalue weighted by Gasteiger charge is 2.30.